The Kier molecular flexibility index (Phi) is 5.07. The van der Waals surface area contributed by atoms with Crippen LogP contribution in [0.1, 0.15) is 32.0 Å². The minimum absolute atomic E-state index is 0.215. The Morgan fingerprint density at radius 1 is 1.12 bits per heavy atom. The first-order valence-corrected chi connectivity index (χ1v) is 8.02. The zero-order valence-corrected chi connectivity index (χ0v) is 14.5. The number of nitrogens with one attached hydrogen (secondary N) is 1. The van der Waals surface area contributed by atoms with Gasteiger partial charge >= 0.3 is 0 Å². The van der Waals surface area contributed by atoms with E-state index < -0.39 is 5.91 Å². The van der Waals surface area contributed by atoms with Gasteiger partial charge in [0, 0.05) is 32.1 Å². The number of aromatic nitrogens is 2. The number of amides is 2. The highest BCUT2D eigenvalue weighted by Crippen LogP contribution is 2.12. The lowest BCUT2D eigenvalue weighted by Gasteiger charge is -2.17. The van der Waals surface area contributed by atoms with E-state index in [1.807, 2.05) is 30.3 Å². The van der Waals surface area contributed by atoms with E-state index in [0.29, 0.717) is 23.7 Å². The van der Waals surface area contributed by atoms with E-state index in [1.54, 1.807) is 24.9 Å². The van der Waals surface area contributed by atoms with Gasteiger partial charge in [0.2, 0.25) is 0 Å². The molecule has 0 aliphatic rings. The molecule has 0 unspecified atom stereocenters. The highest BCUT2D eigenvalue weighted by molar-refractivity contribution is 6.05. The molecule has 0 radical (unpaired) electrons. The van der Waals surface area contributed by atoms with Crippen molar-refractivity contribution in [2.24, 2.45) is 0 Å². The zero-order valence-electron chi connectivity index (χ0n) is 14.5. The van der Waals surface area contributed by atoms with Crippen molar-refractivity contribution in [3.05, 3.63) is 77.3 Å². The summed E-state index contributed by atoms with van der Waals surface area (Å²) >= 11 is 0. The van der Waals surface area contributed by atoms with Crippen LogP contribution < -0.4 is 5.32 Å². The van der Waals surface area contributed by atoms with Crippen LogP contribution in [-0.4, -0.2) is 33.9 Å². The number of hydrogen-bond donors (Lipinski definition) is 1. The van der Waals surface area contributed by atoms with Gasteiger partial charge in [0.15, 0.2) is 5.82 Å². The first kappa shape index (κ1) is 17.3. The maximum absolute atomic E-state index is 12.6. The summed E-state index contributed by atoms with van der Waals surface area (Å²) in [5.41, 5.74) is 1.63. The van der Waals surface area contributed by atoms with Crippen molar-refractivity contribution >= 4 is 17.6 Å². The van der Waals surface area contributed by atoms with E-state index in [2.05, 4.69) is 15.5 Å². The molecule has 3 rings (SSSR count). The van der Waals surface area contributed by atoms with Gasteiger partial charge in [-0.3, -0.25) is 14.6 Å². The molecule has 0 spiro atoms. The Morgan fingerprint density at radius 3 is 2.54 bits per heavy atom. The fraction of sp³-hybridized carbons (Fsp3) is 0.158. The Hall–Kier alpha value is -3.48. The van der Waals surface area contributed by atoms with E-state index in [0.717, 1.165) is 5.56 Å². The largest absolute Gasteiger partial charge is 0.360 e. The number of carbonyl (C=O) groups is 2. The van der Waals surface area contributed by atoms with Crippen molar-refractivity contribution in [1.82, 2.24) is 15.0 Å². The van der Waals surface area contributed by atoms with Gasteiger partial charge in [0.05, 0.1) is 11.1 Å². The molecule has 26 heavy (non-hydrogen) atoms. The Bertz CT molecular complexity index is 921. The van der Waals surface area contributed by atoms with Crippen LogP contribution in [0.5, 0.6) is 0 Å². The normalized spacial score (nSPS) is 10.4. The summed E-state index contributed by atoms with van der Waals surface area (Å²) in [4.78, 5) is 30.5. The average Bonchev–Trinajstić information content (AvgIpc) is 3.06. The van der Waals surface area contributed by atoms with Crippen molar-refractivity contribution < 1.29 is 14.1 Å². The molecular weight excluding hydrogens is 332 g/mol. The van der Waals surface area contributed by atoms with Crippen molar-refractivity contribution in [3.8, 4) is 0 Å². The molecule has 1 aromatic carbocycles. The van der Waals surface area contributed by atoms with Crippen molar-refractivity contribution in [2.45, 2.75) is 13.5 Å². The van der Waals surface area contributed by atoms with Crippen LogP contribution in [0.15, 0.2) is 59.4 Å². The topological polar surface area (TPSA) is 88.3 Å². The molecule has 2 heterocycles. The molecule has 0 fully saturated rings. The maximum Gasteiger partial charge on any atom is 0.258 e. The number of benzene rings is 1. The number of nitrogens with zero attached hydrogens (tertiary/aromatic N) is 3. The molecule has 132 valence electrons. The lowest BCUT2D eigenvalue weighted by molar-refractivity contribution is 0.0784. The van der Waals surface area contributed by atoms with Crippen LogP contribution in [0.3, 0.4) is 0 Å². The lowest BCUT2D eigenvalue weighted by Crippen LogP contribution is -2.26. The van der Waals surface area contributed by atoms with E-state index in [4.69, 9.17) is 4.52 Å². The molecule has 0 bridgehead atoms. The van der Waals surface area contributed by atoms with Crippen LogP contribution >= 0.6 is 0 Å². The van der Waals surface area contributed by atoms with E-state index in [9.17, 15) is 9.59 Å². The highest BCUT2D eigenvalue weighted by atomic mass is 16.5. The van der Waals surface area contributed by atoms with Gasteiger partial charge < -0.3 is 14.7 Å². The second kappa shape index (κ2) is 7.60. The van der Waals surface area contributed by atoms with Crippen LogP contribution in [0, 0.1) is 6.92 Å². The molecule has 0 saturated heterocycles. The Labute approximate surface area is 150 Å². The standard InChI is InChI=1S/C19H18N4O3/c1-13-8-17(22-26-13)21-18(24)15-9-16(11-20-10-15)19(25)23(2)12-14-6-4-3-5-7-14/h3-11H,12H2,1-2H3,(H,21,22,24). The van der Waals surface area contributed by atoms with Gasteiger partial charge in [-0.15, -0.1) is 0 Å². The van der Waals surface area contributed by atoms with Gasteiger partial charge in [0.1, 0.15) is 5.76 Å². The fourth-order valence-electron chi connectivity index (χ4n) is 2.44. The second-order valence-electron chi connectivity index (χ2n) is 5.89. The minimum Gasteiger partial charge on any atom is -0.360 e. The number of pyridine rings is 1. The van der Waals surface area contributed by atoms with Gasteiger partial charge in [-0.1, -0.05) is 35.5 Å². The SMILES string of the molecule is Cc1cc(NC(=O)c2cncc(C(=O)N(C)Cc3ccccc3)c2)no1. The smallest absolute Gasteiger partial charge is 0.258 e. The molecule has 0 aliphatic heterocycles. The molecule has 1 N–H and O–H groups in total. The molecule has 0 atom stereocenters. The van der Waals surface area contributed by atoms with Gasteiger partial charge in [-0.2, -0.15) is 0 Å². The van der Waals surface area contributed by atoms with Crippen molar-refractivity contribution in [1.29, 1.82) is 0 Å². The van der Waals surface area contributed by atoms with E-state index >= 15 is 0 Å². The quantitative estimate of drug-likeness (QED) is 0.764. The number of rotatable bonds is 5. The Balaban J connectivity index is 1.71. The summed E-state index contributed by atoms with van der Waals surface area (Å²) in [6, 6.07) is 12.8. The van der Waals surface area contributed by atoms with Crippen LogP contribution in [-0.2, 0) is 6.54 Å². The van der Waals surface area contributed by atoms with Crippen LogP contribution in [0.25, 0.3) is 0 Å². The summed E-state index contributed by atoms with van der Waals surface area (Å²) in [6.07, 6.45) is 2.84. The number of aryl methyl sites for hydroxylation is 1. The third-order valence-electron chi connectivity index (χ3n) is 3.73. The van der Waals surface area contributed by atoms with Gasteiger partial charge in [-0.25, -0.2) is 0 Å². The lowest BCUT2D eigenvalue weighted by atomic mass is 10.1. The summed E-state index contributed by atoms with van der Waals surface area (Å²) in [6.45, 7) is 2.19. The third kappa shape index (κ3) is 4.13. The monoisotopic (exact) mass is 350 g/mol. The second-order valence-corrected chi connectivity index (χ2v) is 5.89. The summed E-state index contributed by atoms with van der Waals surface area (Å²) in [7, 11) is 1.71. The van der Waals surface area contributed by atoms with Crippen molar-refractivity contribution in [3.63, 3.8) is 0 Å². The predicted molar refractivity (Wildman–Crippen MR) is 95.7 cm³/mol. The van der Waals surface area contributed by atoms with Crippen LogP contribution in [0.2, 0.25) is 0 Å². The summed E-state index contributed by atoms with van der Waals surface area (Å²) in [5.74, 6) is 0.273. The molecule has 2 aromatic heterocycles. The molecule has 0 aliphatic carbocycles. The first-order chi connectivity index (χ1) is 12.5. The molecule has 7 nitrogen and oxygen atoms in total. The van der Waals surface area contributed by atoms with E-state index in [1.165, 1.54) is 18.5 Å². The average molecular weight is 350 g/mol. The molecular formula is C19H18N4O3. The van der Waals surface area contributed by atoms with Gasteiger partial charge in [0.25, 0.3) is 11.8 Å². The zero-order chi connectivity index (χ0) is 18.5. The van der Waals surface area contributed by atoms with Crippen molar-refractivity contribution in [2.75, 3.05) is 12.4 Å². The van der Waals surface area contributed by atoms with E-state index in [-0.39, 0.29) is 11.5 Å². The number of carbonyl (C=O) groups excluding carboxylic acids is 2. The van der Waals surface area contributed by atoms with Crippen LogP contribution in [0.4, 0.5) is 5.82 Å². The summed E-state index contributed by atoms with van der Waals surface area (Å²) in [5, 5.41) is 6.32. The predicted octanol–water partition coefficient (Wildman–Crippen LogP) is 2.90. The fourth-order valence-corrected chi connectivity index (χ4v) is 2.44. The molecule has 7 heteroatoms. The third-order valence-corrected chi connectivity index (χ3v) is 3.73. The molecule has 2 amide bonds. The number of anilines is 1. The highest BCUT2D eigenvalue weighted by Gasteiger charge is 2.16. The van der Waals surface area contributed by atoms with Gasteiger partial charge in [-0.05, 0) is 18.6 Å². The molecule has 3 aromatic rings. The maximum atomic E-state index is 12.6. The minimum atomic E-state index is -0.411. The Morgan fingerprint density at radius 2 is 1.85 bits per heavy atom. The number of hydrogen-bond acceptors (Lipinski definition) is 5. The first-order valence-electron chi connectivity index (χ1n) is 8.02. The summed E-state index contributed by atoms with van der Waals surface area (Å²) < 4.78 is 4.91. The molecule has 0 saturated carbocycles.